The molecule has 1 rings (SSSR count). The molecule has 15 heavy (non-hydrogen) atoms. The van der Waals surface area contributed by atoms with Crippen LogP contribution in [0, 0.1) is 6.92 Å². The van der Waals surface area contributed by atoms with E-state index in [0.717, 1.165) is 10.4 Å². The summed E-state index contributed by atoms with van der Waals surface area (Å²) in [6.07, 6.45) is 1.46. The summed E-state index contributed by atoms with van der Waals surface area (Å²) < 4.78 is 0. The van der Waals surface area contributed by atoms with Gasteiger partial charge in [0, 0.05) is 11.8 Å². The van der Waals surface area contributed by atoms with E-state index in [0.29, 0.717) is 0 Å². The number of nitrogens with one attached hydrogen (secondary N) is 1. The lowest BCUT2D eigenvalue weighted by molar-refractivity contribution is -0.134. The van der Waals surface area contributed by atoms with Crippen LogP contribution in [0.15, 0.2) is 17.1 Å². The molecule has 0 spiro atoms. The lowest BCUT2D eigenvalue weighted by Crippen LogP contribution is -2.24. The molecule has 0 saturated carbocycles. The smallest absolute Gasteiger partial charge is 0.352 e. The SMILES string of the molecule is CC(=O)N/C(=C/c1sccc1C)C(=O)O. The number of aryl methyl sites for hydroxylation is 1. The van der Waals surface area contributed by atoms with Crippen molar-refractivity contribution in [2.24, 2.45) is 0 Å². The van der Waals surface area contributed by atoms with Crippen LogP contribution in [0.2, 0.25) is 0 Å². The number of carbonyl (C=O) groups is 2. The van der Waals surface area contributed by atoms with Crippen LogP contribution in [0.1, 0.15) is 17.4 Å². The molecule has 0 saturated heterocycles. The van der Waals surface area contributed by atoms with Crippen molar-refractivity contribution in [2.45, 2.75) is 13.8 Å². The lowest BCUT2D eigenvalue weighted by atomic mass is 10.2. The van der Waals surface area contributed by atoms with E-state index in [4.69, 9.17) is 5.11 Å². The Balaban J connectivity index is 2.99. The van der Waals surface area contributed by atoms with Crippen molar-refractivity contribution in [3.8, 4) is 0 Å². The molecule has 4 nitrogen and oxygen atoms in total. The number of carboxylic acid groups (broad SMARTS) is 1. The minimum absolute atomic E-state index is 0.104. The zero-order chi connectivity index (χ0) is 11.4. The van der Waals surface area contributed by atoms with Gasteiger partial charge >= 0.3 is 5.97 Å². The van der Waals surface area contributed by atoms with Gasteiger partial charge in [0.15, 0.2) is 0 Å². The van der Waals surface area contributed by atoms with E-state index in [9.17, 15) is 9.59 Å². The summed E-state index contributed by atoms with van der Waals surface area (Å²) in [4.78, 5) is 22.4. The van der Waals surface area contributed by atoms with Gasteiger partial charge in [0.05, 0.1) is 0 Å². The summed E-state index contributed by atoms with van der Waals surface area (Å²) in [6, 6.07) is 1.89. The van der Waals surface area contributed by atoms with E-state index >= 15 is 0 Å². The topological polar surface area (TPSA) is 66.4 Å². The molecule has 0 aromatic carbocycles. The maximum absolute atomic E-state index is 10.8. The highest BCUT2D eigenvalue weighted by atomic mass is 32.1. The predicted molar refractivity (Wildman–Crippen MR) is 58.5 cm³/mol. The van der Waals surface area contributed by atoms with Crippen molar-refractivity contribution in [2.75, 3.05) is 0 Å². The Hall–Kier alpha value is -1.62. The van der Waals surface area contributed by atoms with Gasteiger partial charge in [0.25, 0.3) is 0 Å². The van der Waals surface area contributed by atoms with Crippen LogP contribution >= 0.6 is 11.3 Å². The summed E-state index contributed by atoms with van der Waals surface area (Å²) >= 11 is 1.43. The normalized spacial score (nSPS) is 11.2. The van der Waals surface area contributed by atoms with Crippen molar-refractivity contribution in [3.63, 3.8) is 0 Å². The largest absolute Gasteiger partial charge is 0.477 e. The van der Waals surface area contributed by atoms with Crippen molar-refractivity contribution >= 4 is 29.3 Å². The molecule has 0 unspecified atom stereocenters. The van der Waals surface area contributed by atoms with Gasteiger partial charge in [-0.2, -0.15) is 0 Å². The van der Waals surface area contributed by atoms with Gasteiger partial charge in [-0.1, -0.05) is 0 Å². The summed E-state index contributed by atoms with van der Waals surface area (Å²) in [7, 11) is 0. The maximum Gasteiger partial charge on any atom is 0.352 e. The van der Waals surface area contributed by atoms with Gasteiger partial charge in [-0.15, -0.1) is 11.3 Å². The van der Waals surface area contributed by atoms with Crippen LogP contribution in [0.5, 0.6) is 0 Å². The Bertz CT molecular complexity index is 420. The van der Waals surface area contributed by atoms with E-state index in [1.165, 1.54) is 24.3 Å². The van der Waals surface area contributed by atoms with Gasteiger partial charge in [-0.25, -0.2) is 4.79 Å². The molecule has 1 heterocycles. The summed E-state index contributed by atoms with van der Waals surface area (Å²) in [5, 5.41) is 13.0. The Morgan fingerprint density at radius 1 is 1.53 bits per heavy atom. The van der Waals surface area contributed by atoms with Gasteiger partial charge in [0.1, 0.15) is 5.70 Å². The van der Waals surface area contributed by atoms with E-state index in [1.54, 1.807) is 0 Å². The van der Waals surface area contributed by atoms with Gasteiger partial charge in [-0.05, 0) is 30.0 Å². The number of hydrogen-bond acceptors (Lipinski definition) is 3. The number of aliphatic carboxylic acids is 1. The molecule has 80 valence electrons. The molecule has 5 heteroatoms. The second kappa shape index (κ2) is 4.75. The lowest BCUT2D eigenvalue weighted by Gasteiger charge is -2.02. The highest BCUT2D eigenvalue weighted by Gasteiger charge is 2.09. The third-order valence-corrected chi connectivity index (χ3v) is 2.68. The fourth-order valence-corrected chi connectivity index (χ4v) is 1.86. The standard InChI is InChI=1S/C10H11NO3S/c1-6-3-4-15-9(6)5-8(10(13)14)11-7(2)12/h3-5H,1-2H3,(H,11,12)(H,13,14)/b8-5+. The number of hydrogen-bond donors (Lipinski definition) is 2. The Kier molecular flexibility index (Phi) is 3.62. The van der Waals surface area contributed by atoms with E-state index < -0.39 is 11.9 Å². The average molecular weight is 225 g/mol. The van der Waals surface area contributed by atoms with Crippen LogP contribution < -0.4 is 5.32 Å². The van der Waals surface area contributed by atoms with Gasteiger partial charge < -0.3 is 10.4 Å². The molecule has 2 N–H and O–H groups in total. The number of amides is 1. The molecule has 0 fully saturated rings. The first-order valence-corrected chi connectivity index (χ1v) is 5.15. The van der Waals surface area contributed by atoms with Crippen LogP contribution in [0.3, 0.4) is 0 Å². The Morgan fingerprint density at radius 3 is 2.60 bits per heavy atom. The molecule has 0 aliphatic rings. The van der Waals surface area contributed by atoms with Crippen LogP contribution in [-0.2, 0) is 9.59 Å². The zero-order valence-corrected chi connectivity index (χ0v) is 9.22. The molecular formula is C10H11NO3S. The Labute approximate surface area is 91.2 Å². The summed E-state index contributed by atoms with van der Waals surface area (Å²) in [5.74, 6) is -1.53. The first kappa shape index (κ1) is 11.5. The number of carboxylic acids is 1. The molecule has 0 atom stereocenters. The summed E-state index contributed by atoms with van der Waals surface area (Å²) in [5.41, 5.74) is 0.886. The average Bonchev–Trinajstić information content (AvgIpc) is 2.50. The Morgan fingerprint density at radius 2 is 2.20 bits per heavy atom. The second-order valence-corrected chi connectivity index (χ2v) is 3.96. The third kappa shape index (κ3) is 3.21. The first-order chi connectivity index (χ1) is 7.00. The number of carbonyl (C=O) groups excluding carboxylic acids is 1. The monoisotopic (exact) mass is 225 g/mol. The van der Waals surface area contributed by atoms with Crippen molar-refractivity contribution < 1.29 is 14.7 Å². The fraction of sp³-hybridized carbons (Fsp3) is 0.200. The van der Waals surface area contributed by atoms with Gasteiger partial charge in [0.2, 0.25) is 5.91 Å². The van der Waals surface area contributed by atoms with Crippen molar-refractivity contribution in [1.82, 2.24) is 5.32 Å². The van der Waals surface area contributed by atoms with E-state index in [1.807, 2.05) is 18.4 Å². The quantitative estimate of drug-likeness (QED) is 0.768. The minimum atomic E-state index is -1.14. The van der Waals surface area contributed by atoms with Crippen LogP contribution in [0.25, 0.3) is 6.08 Å². The highest BCUT2D eigenvalue weighted by Crippen LogP contribution is 2.18. The second-order valence-electron chi connectivity index (χ2n) is 3.01. The van der Waals surface area contributed by atoms with Crippen LogP contribution in [0.4, 0.5) is 0 Å². The van der Waals surface area contributed by atoms with Crippen LogP contribution in [-0.4, -0.2) is 17.0 Å². The molecule has 1 aromatic heterocycles. The fourth-order valence-electron chi connectivity index (χ4n) is 1.00. The molecule has 0 radical (unpaired) electrons. The van der Waals surface area contributed by atoms with E-state index in [-0.39, 0.29) is 5.70 Å². The summed E-state index contributed by atoms with van der Waals surface area (Å²) in [6.45, 7) is 3.16. The predicted octanol–water partition coefficient (Wildman–Crippen LogP) is 1.62. The molecule has 0 aliphatic heterocycles. The molecule has 1 aromatic rings. The molecule has 1 amide bonds. The molecular weight excluding hydrogens is 214 g/mol. The third-order valence-electron chi connectivity index (χ3n) is 1.72. The van der Waals surface area contributed by atoms with E-state index in [2.05, 4.69) is 5.32 Å². The first-order valence-electron chi connectivity index (χ1n) is 4.27. The number of thiophene rings is 1. The number of rotatable bonds is 3. The van der Waals surface area contributed by atoms with Gasteiger partial charge in [-0.3, -0.25) is 4.79 Å². The van der Waals surface area contributed by atoms with Crippen molar-refractivity contribution in [1.29, 1.82) is 0 Å². The maximum atomic E-state index is 10.8. The zero-order valence-electron chi connectivity index (χ0n) is 8.40. The highest BCUT2D eigenvalue weighted by molar-refractivity contribution is 7.11. The molecule has 0 aliphatic carbocycles. The van der Waals surface area contributed by atoms with Crippen molar-refractivity contribution in [3.05, 3.63) is 27.6 Å². The minimum Gasteiger partial charge on any atom is -0.477 e. The molecule has 0 bridgehead atoms.